The number of piperazine rings is 1. The van der Waals surface area contributed by atoms with Crippen LogP contribution in [0.3, 0.4) is 0 Å². The minimum atomic E-state index is -0.120. The maximum Gasteiger partial charge on any atom is 0.314 e. The molecule has 0 saturated carbocycles. The van der Waals surface area contributed by atoms with Crippen molar-refractivity contribution >= 4 is 6.03 Å². The predicted molar refractivity (Wildman–Crippen MR) is 94.0 cm³/mol. The van der Waals surface area contributed by atoms with E-state index in [4.69, 9.17) is 9.47 Å². The van der Waals surface area contributed by atoms with Crippen LogP contribution in [-0.2, 0) is 6.42 Å². The molecule has 0 atom stereocenters. The SMILES string of the molecule is COc1ccc(CCNC(=O)NCCN2CCNCC2)cc1OC. The van der Waals surface area contributed by atoms with E-state index in [1.807, 2.05) is 18.2 Å². The van der Waals surface area contributed by atoms with E-state index < -0.39 is 0 Å². The molecule has 0 spiro atoms. The summed E-state index contributed by atoms with van der Waals surface area (Å²) in [4.78, 5) is 14.1. The Balaban J connectivity index is 1.63. The molecule has 1 aliphatic heterocycles. The number of rotatable bonds is 8. The number of benzene rings is 1. The number of urea groups is 1. The third-order valence-corrected chi connectivity index (χ3v) is 4.07. The van der Waals surface area contributed by atoms with Gasteiger partial charge in [0.25, 0.3) is 0 Å². The first-order valence-electron chi connectivity index (χ1n) is 8.38. The molecule has 0 unspecified atom stereocenters. The Morgan fingerprint density at radius 2 is 1.83 bits per heavy atom. The van der Waals surface area contributed by atoms with Crippen molar-refractivity contribution in [2.24, 2.45) is 0 Å². The molecule has 1 aromatic carbocycles. The van der Waals surface area contributed by atoms with Crippen LogP contribution >= 0.6 is 0 Å². The lowest BCUT2D eigenvalue weighted by Gasteiger charge is -2.27. The molecule has 7 nitrogen and oxygen atoms in total. The van der Waals surface area contributed by atoms with E-state index in [2.05, 4.69) is 20.9 Å². The van der Waals surface area contributed by atoms with Gasteiger partial charge in [-0.2, -0.15) is 0 Å². The molecule has 1 fully saturated rings. The molecular weight excluding hydrogens is 308 g/mol. The quantitative estimate of drug-likeness (QED) is 0.643. The summed E-state index contributed by atoms with van der Waals surface area (Å²) >= 11 is 0. The maximum atomic E-state index is 11.8. The molecule has 0 bridgehead atoms. The van der Waals surface area contributed by atoms with Crippen molar-refractivity contribution in [3.8, 4) is 11.5 Å². The summed E-state index contributed by atoms with van der Waals surface area (Å²) in [6.07, 6.45) is 0.742. The van der Waals surface area contributed by atoms with Gasteiger partial charge in [-0.25, -0.2) is 4.79 Å². The second kappa shape index (κ2) is 10.00. The highest BCUT2D eigenvalue weighted by Gasteiger charge is 2.09. The Hall–Kier alpha value is -1.99. The lowest BCUT2D eigenvalue weighted by Crippen LogP contribution is -2.47. The summed E-state index contributed by atoms with van der Waals surface area (Å²) < 4.78 is 10.5. The van der Waals surface area contributed by atoms with E-state index in [0.717, 1.165) is 44.7 Å². The molecule has 1 saturated heterocycles. The van der Waals surface area contributed by atoms with E-state index in [9.17, 15) is 4.79 Å². The van der Waals surface area contributed by atoms with Gasteiger partial charge in [-0.15, -0.1) is 0 Å². The average molecular weight is 336 g/mol. The standard InChI is InChI=1S/C17H28N4O3/c1-23-15-4-3-14(13-16(15)24-2)5-6-19-17(22)20-9-12-21-10-7-18-8-11-21/h3-4,13,18H,5-12H2,1-2H3,(H2,19,20,22). The summed E-state index contributed by atoms with van der Waals surface area (Å²) in [7, 11) is 3.23. The van der Waals surface area contributed by atoms with E-state index in [0.29, 0.717) is 24.6 Å². The lowest BCUT2D eigenvalue weighted by molar-refractivity contribution is 0.227. The fourth-order valence-electron chi connectivity index (χ4n) is 2.68. The van der Waals surface area contributed by atoms with Crippen LogP contribution in [0.25, 0.3) is 0 Å². The summed E-state index contributed by atoms with van der Waals surface area (Å²) in [6.45, 7) is 6.28. The third kappa shape index (κ3) is 5.90. The number of hydrogen-bond acceptors (Lipinski definition) is 5. The van der Waals surface area contributed by atoms with Gasteiger partial charge in [0.2, 0.25) is 0 Å². The van der Waals surface area contributed by atoms with Gasteiger partial charge in [0.1, 0.15) is 0 Å². The molecule has 134 valence electrons. The van der Waals surface area contributed by atoms with Gasteiger partial charge in [-0.1, -0.05) is 6.07 Å². The molecule has 1 aliphatic rings. The minimum absolute atomic E-state index is 0.120. The summed E-state index contributed by atoms with van der Waals surface area (Å²) in [5.74, 6) is 1.41. The first kappa shape index (κ1) is 18.4. The van der Waals surface area contributed by atoms with E-state index in [1.54, 1.807) is 14.2 Å². The Kier molecular flexibility index (Phi) is 7.64. The van der Waals surface area contributed by atoms with Crippen LogP contribution in [0, 0.1) is 0 Å². The summed E-state index contributed by atoms with van der Waals surface area (Å²) in [5, 5.41) is 9.10. The Morgan fingerprint density at radius 1 is 1.12 bits per heavy atom. The van der Waals surface area contributed by atoms with Crippen LogP contribution in [-0.4, -0.2) is 71.0 Å². The number of methoxy groups -OCH3 is 2. The van der Waals surface area contributed by atoms with Crippen molar-refractivity contribution in [1.82, 2.24) is 20.9 Å². The number of nitrogens with one attached hydrogen (secondary N) is 3. The average Bonchev–Trinajstić information content (AvgIpc) is 2.62. The molecule has 0 aromatic heterocycles. The zero-order valence-corrected chi connectivity index (χ0v) is 14.6. The molecule has 1 heterocycles. The second-order valence-electron chi connectivity index (χ2n) is 5.71. The number of ether oxygens (including phenoxy) is 2. The van der Waals surface area contributed by atoms with Gasteiger partial charge in [0, 0.05) is 45.8 Å². The minimum Gasteiger partial charge on any atom is -0.493 e. The van der Waals surface area contributed by atoms with Crippen molar-refractivity contribution in [2.45, 2.75) is 6.42 Å². The Labute approximate surface area is 143 Å². The smallest absolute Gasteiger partial charge is 0.314 e. The monoisotopic (exact) mass is 336 g/mol. The molecule has 7 heteroatoms. The first-order valence-corrected chi connectivity index (χ1v) is 8.38. The van der Waals surface area contributed by atoms with Crippen molar-refractivity contribution in [3.63, 3.8) is 0 Å². The van der Waals surface area contributed by atoms with Gasteiger partial charge in [0.05, 0.1) is 14.2 Å². The molecule has 1 aromatic rings. The molecular formula is C17H28N4O3. The maximum absolute atomic E-state index is 11.8. The van der Waals surface area contributed by atoms with Crippen LogP contribution in [0.5, 0.6) is 11.5 Å². The highest BCUT2D eigenvalue weighted by molar-refractivity contribution is 5.73. The zero-order valence-electron chi connectivity index (χ0n) is 14.6. The lowest BCUT2D eigenvalue weighted by atomic mass is 10.1. The number of amides is 2. The predicted octanol–water partition coefficient (Wildman–Crippen LogP) is 0.451. The van der Waals surface area contributed by atoms with Gasteiger partial charge in [-0.05, 0) is 24.1 Å². The number of carbonyl (C=O) groups excluding carboxylic acids is 1. The highest BCUT2D eigenvalue weighted by Crippen LogP contribution is 2.27. The Bertz CT molecular complexity index is 519. The molecule has 24 heavy (non-hydrogen) atoms. The third-order valence-electron chi connectivity index (χ3n) is 4.07. The summed E-state index contributed by atoms with van der Waals surface area (Å²) in [5.41, 5.74) is 1.09. The van der Waals surface area contributed by atoms with E-state index in [-0.39, 0.29) is 6.03 Å². The van der Waals surface area contributed by atoms with Crippen LogP contribution < -0.4 is 25.4 Å². The summed E-state index contributed by atoms with van der Waals surface area (Å²) in [6, 6.07) is 5.67. The van der Waals surface area contributed by atoms with Crippen molar-refractivity contribution in [1.29, 1.82) is 0 Å². The zero-order chi connectivity index (χ0) is 17.2. The van der Waals surface area contributed by atoms with Gasteiger partial charge in [-0.3, -0.25) is 4.90 Å². The van der Waals surface area contributed by atoms with E-state index >= 15 is 0 Å². The van der Waals surface area contributed by atoms with Crippen LogP contribution in [0.2, 0.25) is 0 Å². The first-order chi connectivity index (χ1) is 11.7. The number of carbonyl (C=O) groups is 1. The molecule has 0 aliphatic carbocycles. The number of nitrogens with zero attached hydrogens (tertiary/aromatic N) is 1. The molecule has 3 N–H and O–H groups in total. The van der Waals surface area contributed by atoms with Crippen molar-refractivity contribution in [2.75, 3.05) is 60.0 Å². The van der Waals surface area contributed by atoms with Gasteiger partial charge in [0.15, 0.2) is 11.5 Å². The van der Waals surface area contributed by atoms with Crippen molar-refractivity contribution in [3.05, 3.63) is 23.8 Å². The van der Waals surface area contributed by atoms with Gasteiger partial charge < -0.3 is 25.4 Å². The largest absolute Gasteiger partial charge is 0.493 e. The Morgan fingerprint density at radius 3 is 2.54 bits per heavy atom. The van der Waals surface area contributed by atoms with Crippen LogP contribution in [0.4, 0.5) is 4.79 Å². The fraction of sp³-hybridized carbons (Fsp3) is 0.588. The topological polar surface area (TPSA) is 74.9 Å². The second-order valence-corrected chi connectivity index (χ2v) is 5.71. The molecule has 2 amide bonds. The van der Waals surface area contributed by atoms with Crippen LogP contribution in [0.1, 0.15) is 5.56 Å². The van der Waals surface area contributed by atoms with Crippen LogP contribution in [0.15, 0.2) is 18.2 Å². The molecule has 2 rings (SSSR count). The number of hydrogen-bond donors (Lipinski definition) is 3. The van der Waals surface area contributed by atoms with Gasteiger partial charge >= 0.3 is 6.03 Å². The molecule has 0 radical (unpaired) electrons. The van der Waals surface area contributed by atoms with Crippen molar-refractivity contribution < 1.29 is 14.3 Å². The fourth-order valence-corrected chi connectivity index (χ4v) is 2.68. The van der Waals surface area contributed by atoms with E-state index in [1.165, 1.54) is 0 Å². The normalized spacial score (nSPS) is 14.9. The highest BCUT2D eigenvalue weighted by atomic mass is 16.5.